The summed E-state index contributed by atoms with van der Waals surface area (Å²) >= 11 is 1.78. The Morgan fingerprint density at radius 2 is 1.62 bits per heavy atom. The van der Waals surface area contributed by atoms with Gasteiger partial charge < -0.3 is 14.8 Å². The Bertz CT molecular complexity index is 1380. The Kier molecular flexibility index (Phi) is 7.12. The van der Waals surface area contributed by atoms with E-state index in [2.05, 4.69) is 77.6 Å². The van der Waals surface area contributed by atoms with Crippen molar-refractivity contribution in [3.8, 4) is 23.6 Å². The molecule has 6 heteroatoms. The number of aromatic nitrogens is 1. The van der Waals surface area contributed by atoms with Crippen molar-refractivity contribution in [2.45, 2.75) is 77.3 Å². The number of aromatic amines is 1. The van der Waals surface area contributed by atoms with Gasteiger partial charge in [0.2, 0.25) is 5.91 Å². The molecule has 1 amide bonds. The molecule has 39 heavy (non-hydrogen) atoms. The van der Waals surface area contributed by atoms with E-state index in [9.17, 15) is 4.79 Å². The molecule has 5 nitrogen and oxygen atoms in total. The van der Waals surface area contributed by atoms with E-state index in [0.717, 1.165) is 45.7 Å². The van der Waals surface area contributed by atoms with Crippen molar-refractivity contribution < 1.29 is 4.79 Å². The molecule has 0 atom stereocenters. The minimum atomic E-state index is -0.513. The molecule has 2 aromatic heterocycles. The maximum atomic E-state index is 13.9. The highest BCUT2D eigenvalue weighted by molar-refractivity contribution is 7.19. The number of carbonyl (C=O) groups excluding carboxylic acids is 1. The normalized spacial score (nSPS) is 22.2. The highest BCUT2D eigenvalue weighted by Gasteiger charge is 2.47. The molecule has 1 N–H and O–H groups in total. The number of carbonyl (C=O) groups is 1. The Morgan fingerprint density at radius 1 is 1.00 bits per heavy atom. The molecule has 5 heterocycles. The first-order valence-electron chi connectivity index (χ1n) is 14.7. The molecule has 0 aliphatic carbocycles. The van der Waals surface area contributed by atoms with Gasteiger partial charge >= 0.3 is 0 Å². The third kappa shape index (κ3) is 4.94. The number of nitrogens with zero attached hydrogens (tertiary/aromatic N) is 3. The van der Waals surface area contributed by atoms with E-state index in [1.807, 2.05) is 0 Å². The lowest BCUT2D eigenvalue weighted by Crippen LogP contribution is -2.46. The van der Waals surface area contributed by atoms with Gasteiger partial charge in [0.15, 0.2) is 0 Å². The number of aryl methyl sites for hydroxylation is 2. The summed E-state index contributed by atoms with van der Waals surface area (Å²) in [5.74, 6) is 3.10. The molecule has 3 aliphatic heterocycles. The molecule has 3 aromatic rings. The highest BCUT2D eigenvalue weighted by Crippen LogP contribution is 2.44. The molecule has 0 unspecified atom stereocenters. The quantitative estimate of drug-likeness (QED) is 0.388. The molecule has 0 radical (unpaired) electrons. The number of fused-ring (bicyclic) bond motifs is 3. The van der Waals surface area contributed by atoms with Gasteiger partial charge in [-0.05, 0) is 89.1 Å². The summed E-state index contributed by atoms with van der Waals surface area (Å²) in [4.78, 5) is 27.3. The summed E-state index contributed by atoms with van der Waals surface area (Å²) in [6, 6.07) is 10.1. The summed E-state index contributed by atoms with van der Waals surface area (Å²) in [6.45, 7) is 14.6. The van der Waals surface area contributed by atoms with Gasteiger partial charge in [-0.3, -0.25) is 9.69 Å². The highest BCUT2D eigenvalue weighted by atomic mass is 32.1. The van der Waals surface area contributed by atoms with E-state index in [0.29, 0.717) is 18.0 Å². The number of rotatable bonds is 7. The second-order valence-electron chi connectivity index (χ2n) is 12.6. The zero-order chi connectivity index (χ0) is 27.3. The number of piperazine rings is 1. The average Bonchev–Trinajstić information content (AvgIpc) is 3.68. The van der Waals surface area contributed by atoms with Crippen molar-refractivity contribution >= 4 is 27.5 Å². The van der Waals surface area contributed by atoms with E-state index in [-0.39, 0.29) is 0 Å². The Morgan fingerprint density at radius 3 is 2.23 bits per heavy atom. The topological polar surface area (TPSA) is 42.6 Å². The number of nitrogens with one attached hydrogen (secondary N) is 1. The molecular formula is C33H42N4OS. The largest absolute Gasteiger partial charge is 0.346 e. The van der Waals surface area contributed by atoms with E-state index in [1.165, 1.54) is 68.7 Å². The Balaban J connectivity index is 1.31. The number of hydrogen-bond acceptors (Lipinski definition) is 4. The molecule has 3 fully saturated rings. The molecule has 2 bridgehead atoms. The Labute approximate surface area is 237 Å². The third-order valence-corrected chi connectivity index (χ3v) is 10.8. The van der Waals surface area contributed by atoms with Crippen LogP contribution in [0.2, 0.25) is 0 Å². The number of terminal acetylenes is 1. The fourth-order valence-corrected chi connectivity index (χ4v) is 8.39. The average molecular weight is 543 g/mol. The number of H-pyrrole nitrogens is 1. The first-order valence-corrected chi connectivity index (χ1v) is 15.5. The number of amides is 1. The third-order valence-electron chi connectivity index (χ3n) is 9.40. The van der Waals surface area contributed by atoms with Crippen LogP contribution in [-0.4, -0.2) is 76.9 Å². The fourth-order valence-electron chi connectivity index (χ4n) is 7.21. The summed E-state index contributed by atoms with van der Waals surface area (Å²) in [7, 11) is 0. The van der Waals surface area contributed by atoms with Gasteiger partial charge in [0.05, 0.1) is 17.7 Å². The minimum Gasteiger partial charge on any atom is -0.346 e. The van der Waals surface area contributed by atoms with Gasteiger partial charge in [0.25, 0.3) is 0 Å². The van der Waals surface area contributed by atoms with Crippen LogP contribution in [0.3, 0.4) is 0 Å². The van der Waals surface area contributed by atoms with E-state index >= 15 is 0 Å². The van der Waals surface area contributed by atoms with E-state index in [1.54, 1.807) is 11.3 Å². The predicted octanol–water partition coefficient (Wildman–Crippen LogP) is 5.74. The number of hydrogen-bond donors (Lipinski definition) is 1. The molecular weight excluding hydrogens is 500 g/mol. The van der Waals surface area contributed by atoms with Crippen LogP contribution in [-0.2, 0) is 16.6 Å². The maximum Gasteiger partial charge on any atom is 0.233 e. The van der Waals surface area contributed by atoms with Crippen molar-refractivity contribution in [3.05, 3.63) is 45.8 Å². The summed E-state index contributed by atoms with van der Waals surface area (Å²) in [6.07, 6.45) is 11.2. The van der Waals surface area contributed by atoms with Crippen molar-refractivity contribution in [3.63, 3.8) is 0 Å². The van der Waals surface area contributed by atoms with E-state index in [4.69, 9.17) is 6.42 Å². The van der Waals surface area contributed by atoms with Crippen LogP contribution in [0.25, 0.3) is 21.5 Å². The summed E-state index contributed by atoms with van der Waals surface area (Å²) in [5, 5.41) is 1.29. The predicted molar refractivity (Wildman–Crippen MR) is 162 cm³/mol. The second kappa shape index (κ2) is 10.4. The fraction of sp³-hybridized carbons (Fsp3) is 0.545. The van der Waals surface area contributed by atoms with Crippen LogP contribution in [0.5, 0.6) is 0 Å². The zero-order valence-electron chi connectivity index (χ0n) is 24.0. The van der Waals surface area contributed by atoms with Crippen molar-refractivity contribution in [1.82, 2.24) is 19.7 Å². The van der Waals surface area contributed by atoms with Gasteiger partial charge in [0.1, 0.15) is 4.83 Å². The molecule has 0 spiro atoms. The van der Waals surface area contributed by atoms with Crippen LogP contribution >= 0.6 is 11.3 Å². The van der Waals surface area contributed by atoms with Crippen molar-refractivity contribution in [1.29, 1.82) is 0 Å². The lowest BCUT2D eigenvalue weighted by molar-refractivity contribution is -0.137. The maximum absolute atomic E-state index is 13.9. The van der Waals surface area contributed by atoms with Gasteiger partial charge in [-0.2, -0.15) is 0 Å². The lowest BCUT2D eigenvalue weighted by atomic mass is 9.88. The molecule has 206 valence electrons. The van der Waals surface area contributed by atoms with Crippen LogP contribution in [0.4, 0.5) is 0 Å². The molecule has 1 aromatic carbocycles. The SMILES string of the molecule is C#CCN1CCN(CCc2c(-c3cc(C)cc(C)c3)[nH]c3sc(C(C)(C)C(=O)N4C5CCC4CC5)cc23)CC1. The second-order valence-corrected chi connectivity index (χ2v) is 13.6. The molecule has 0 saturated carbocycles. The van der Waals surface area contributed by atoms with E-state index < -0.39 is 5.41 Å². The first kappa shape index (κ1) is 26.6. The molecule has 3 aliphatic rings. The summed E-state index contributed by atoms with van der Waals surface area (Å²) in [5.41, 5.74) is 5.93. The smallest absolute Gasteiger partial charge is 0.233 e. The number of benzene rings is 1. The van der Waals surface area contributed by atoms with Crippen molar-refractivity contribution in [2.75, 3.05) is 39.3 Å². The standard InChI is InChI=1S/C33H42N4OS/c1-6-12-35-14-16-36(17-15-35)13-11-27-28-21-29(33(4,5)32(38)37-25-7-8-26(37)10-9-25)39-31(28)34-30(27)24-19-22(2)18-23(3)20-24/h1,18-21,25-26,34H,7-17H2,2-5H3. The van der Waals surface area contributed by atoms with Crippen LogP contribution in [0.1, 0.15) is 61.1 Å². The van der Waals surface area contributed by atoms with Crippen LogP contribution in [0, 0.1) is 26.2 Å². The minimum absolute atomic E-state index is 0.317. The first-order chi connectivity index (χ1) is 18.7. The lowest BCUT2D eigenvalue weighted by Gasteiger charge is -2.33. The Hall–Kier alpha value is -2.59. The summed E-state index contributed by atoms with van der Waals surface area (Å²) < 4.78 is 0. The number of thiophene rings is 1. The molecule has 6 rings (SSSR count). The van der Waals surface area contributed by atoms with Crippen LogP contribution < -0.4 is 0 Å². The van der Waals surface area contributed by atoms with Crippen molar-refractivity contribution in [2.24, 2.45) is 0 Å². The van der Waals surface area contributed by atoms with Gasteiger partial charge in [-0.15, -0.1) is 17.8 Å². The van der Waals surface area contributed by atoms with Gasteiger partial charge in [-0.1, -0.05) is 23.1 Å². The zero-order valence-corrected chi connectivity index (χ0v) is 24.8. The van der Waals surface area contributed by atoms with Gasteiger partial charge in [-0.25, -0.2) is 0 Å². The van der Waals surface area contributed by atoms with Crippen LogP contribution in [0.15, 0.2) is 24.3 Å². The molecule has 3 saturated heterocycles. The van der Waals surface area contributed by atoms with Gasteiger partial charge in [0, 0.05) is 55.1 Å². The monoisotopic (exact) mass is 542 g/mol.